The first kappa shape index (κ1) is 8.16. The number of rotatable bonds is 2. The molecule has 3 unspecified atom stereocenters. The van der Waals surface area contributed by atoms with Crippen LogP contribution in [-0.2, 0) is 4.79 Å². The second-order valence-corrected chi connectivity index (χ2v) is 3.50. The van der Waals surface area contributed by atoms with Gasteiger partial charge in [-0.25, -0.2) is 0 Å². The van der Waals surface area contributed by atoms with Gasteiger partial charge in [-0.3, -0.25) is 15.6 Å². The standard InChI is InChI=1S/C8H15N3O/c1-2-7(12)8-5-3-10-11-6(5)4-9-8/h5-6,8-11H,2-4H2,1H3. The van der Waals surface area contributed by atoms with E-state index in [0.717, 1.165) is 13.1 Å². The quantitative estimate of drug-likeness (QED) is 0.498. The molecule has 0 saturated carbocycles. The lowest BCUT2D eigenvalue weighted by molar-refractivity contribution is -0.121. The molecule has 0 aliphatic carbocycles. The fourth-order valence-electron chi connectivity index (χ4n) is 2.09. The molecule has 2 aliphatic heterocycles. The van der Waals surface area contributed by atoms with Gasteiger partial charge >= 0.3 is 0 Å². The largest absolute Gasteiger partial charge is 0.306 e. The Kier molecular flexibility index (Phi) is 2.12. The van der Waals surface area contributed by atoms with Crippen molar-refractivity contribution in [1.82, 2.24) is 16.2 Å². The van der Waals surface area contributed by atoms with Gasteiger partial charge in [-0.05, 0) is 0 Å². The van der Waals surface area contributed by atoms with E-state index in [0.29, 0.717) is 24.2 Å². The number of hydrogen-bond donors (Lipinski definition) is 3. The lowest BCUT2D eigenvalue weighted by atomic mass is 9.94. The van der Waals surface area contributed by atoms with Gasteiger partial charge in [0.15, 0.2) is 0 Å². The Morgan fingerprint density at radius 3 is 3.08 bits per heavy atom. The molecule has 0 aromatic carbocycles. The second-order valence-electron chi connectivity index (χ2n) is 3.50. The van der Waals surface area contributed by atoms with Crippen LogP contribution in [0.5, 0.6) is 0 Å². The number of Topliss-reactive ketones (excluding diaryl/α,β-unsaturated/α-hetero) is 1. The van der Waals surface area contributed by atoms with Gasteiger partial charge in [-0.1, -0.05) is 6.92 Å². The van der Waals surface area contributed by atoms with Crippen LogP contribution in [0.2, 0.25) is 0 Å². The van der Waals surface area contributed by atoms with Crippen molar-refractivity contribution in [3.63, 3.8) is 0 Å². The van der Waals surface area contributed by atoms with Crippen LogP contribution in [0.3, 0.4) is 0 Å². The molecular weight excluding hydrogens is 154 g/mol. The van der Waals surface area contributed by atoms with Gasteiger partial charge in [0, 0.05) is 31.5 Å². The van der Waals surface area contributed by atoms with E-state index in [2.05, 4.69) is 16.2 Å². The summed E-state index contributed by atoms with van der Waals surface area (Å²) in [5.41, 5.74) is 6.25. The number of ketones is 1. The van der Waals surface area contributed by atoms with Gasteiger partial charge in [0.25, 0.3) is 0 Å². The summed E-state index contributed by atoms with van der Waals surface area (Å²) in [4.78, 5) is 11.4. The zero-order chi connectivity index (χ0) is 8.55. The van der Waals surface area contributed by atoms with Crippen molar-refractivity contribution in [1.29, 1.82) is 0 Å². The van der Waals surface area contributed by atoms with Crippen molar-refractivity contribution in [2.75, 3.05) is 13.1 Å². The molecule has 12 heavy (non-hydrogen) atoms. The molecule has 2 saturated heterocycles. The third kappa shape index (κ3) is 1.16. The first-order valence-corrected chi connectivity index (χ1v) is 4.57. The van der Waals surface area contributed by atoms with E-state index in [1.165, 1.54) is 0 Å². The van der Waals surface area contributed by atoms with Crippen molar-refractivity contribution >= 4 is 5.78 Å². The summed E-state index contributed by atoms with van der Waals surface area (Å²) in [5, 5.41) is 3.26. The molecule has 2 aliphatic rings. The van der Waals surface area contributed by atoms with Gasteiger partial charge in [-0.15, -0.1) is 0 Å². The van der Waals surface area contributed by atoms with Crippen LogP contribution in [0.15, 0.2) is 0 Å². The number of carbonyl (C=O) groups excluding carboxylic acids is 1. The van der Waals surface area contributed by atoms with Gasteiger partial charge < -0.3 is 5.32 Å². The number of nitrogens with one attached hydrogen (secondary N) is 3. The number of carbonyl (C=O) groups is 1. The van der Waals surface area contributed by atoms with Crippen LogP contribution >= 0.6 is 0 Å². The first-order valence-electron chi connectivity index (χ1n) is 4.57. The van der Waals surface area contributed by atoms with Crippen molar-refractivity contribution < 1.29 is 4.79 Å². The molecule has 0 aromatic heterocycles. The first-order chi connectivity index (χ1) is 5.83. The maximum atomic E-state index is 11.4. The second kappa shape index (κ2) is 3.12. The van der Waals surface area contributed by atoms with Crippen LogP contribution < -0.4 is 16.2 Å². The maximum absolute atomic E-state index is 11.4. The highest BCUT2D eigenvalue weighted by molar-refractivity contribution is 5.84. The third-order valence-electron chi connectivity index (χ3n) is 2.82. The monoisotopic (exact) mass is 169 g/mol. The van der Waals surface area contributed by atoms with Crippen molar-refractivity contribution in [2.45, 2.75) is 25.4 Å². The molecule has 0 radical (unpaired) electrons. The Morgan fingerprint density at radius 1 is 1.50 bits per heavy atom. The van der Waals surface area contributed by atoms with E-state index in [-0.39, 0.29) is 6.04 Å². The molecule has 0 spiro atoms. The van der Waals surface area contributed by atoms with Gasteiger partial charge in [0.1, 0.15) is 5.78 Å². The van der Waals surface area contributed by atoms with Gasteiger partial charge in [-0.2, -0.15) is 0 Å². The molecular formula is C8H15N3O. The lowest BCUT2D eigenvalue weighted by Crippen LogP contribution is -2.38. The summed E-state index contributed by atoms with van der Waals surface area (Å²) in [7, 11) is 0. The average Bonchev–Trinajstić information content (AvgIpc) is 2.62. The lowest BCUT2D eigenvalue weighted by Gasteiger charge is -2.14. The zero-order valence-corrected chi connectivity index (χ0v) is 7.26. The van der Waals surface area contributed by atoms with E-state index < -0.39 is 0 Å². The smallest absolute Gasteiger partial charge is 0.149 e. The minimum atomic E-state index is 0.0856. The Balaban J connectivity index is 2.04. The minimum Gasteiger partial charge on any atom is -0.306 e. The highest BCUT2D eigenvalue weighted by Crippen LogP contribution is 2.19. The Labute approximate surface area is 72.1 Å². The predicted octanol–water partition coefficient (Wildman–Crippen LogP) is -0.970. The Bertz CT molecular complexity index is 195. The minimum absolute atomic E-state index is 0.0856. The fourth-order valence-corrected chi connectivity index (χ4v) is 2.09. The molecule has 0 amide bonds. The molecule has 2 rings (SSSR count). The van der Waals surface area contributed by atoms with E-state index >= 15 is 0 Å². The van der Waals surface area contributed by atoms with Crippen molar-refractivity contribution in [3.05, 3.63) is 0 Å². The molecule has 2 heterocycles. The SMILES string of the molecule is CCC(=O)C1NCC2NNCC21. The maximum Gasteiger partial charge on any atom is 0.149 e. The highest BCUT2D eigenvalue weighted by Gasteiger charge is 2.41. The molecule has 2 fully saturated rings. The summed E-state index contributed by atoms with van der Waals surface area (Å²) in [6, 6.07) is 0.535. The molecule has 3 atom stereocenters. The van der Waals surface area contributed by atoms with Crippen LogP contribution in [0.1, 0.15) is 13.3 Å². The highest BCUT2D eigenvalue weighted by atomic mass is 16.1. The number of hydrazine groups is 1. The van der Waals surface area contributed by atoms with Crippen molar-refractivity contribution in [2.24, 2.45) is 5.92 Å². The van der Waals surface area contributed by atoms with Crippen molar-refractivity contribution in [3.8, 4) is 0 Å². The summed E-state index contributed by atoms with van der Waals surface area (Å²) >= 11 is 0. The summed E-state index contributed by atoms with van der Waals surface area (Å²) in [6.45, 7) is 3.75. The summed E-state index contributed by atoms with van der Waals surface area (Å²) in [5.74, 6) is 0.797. The normalized spacial score (nSPS) is 39.9. The van der Waals surface area contributed by atoms with Crippen LogP contribution in [0.25, 0.3) is 0 Å². The topological polar surface area (TPSA) is 53.2 Å². The van der Waals surface area contributed by atoms with Gasteiger partial charge in [0.05, 0.1) is 6.04 Å². The number of fused-ring (bicyclic) bond motifs is 1. The zero-order valence-electron chi connectivity index (χ0n) is 7.26. The molecule has 4 heteroatoms. The molecule has 4 nitrogen and oxygen atoms in total. The van der Waals surface area contributed by atoms with Gasteiger partial charge in [0.2, 0.25) is 0 Å². The van der Waals surface area contributed by atoms with E-state index in [4.69, 9.17) is 0 Å². The van der Waals surface area contributed by atoms with Crippen LogP contribution in [0, 0.1) is 5.92 Å². The van der Waals surface area contributed by atoms with E-state index in [1.54, 1.807) is 0 Å². The molecule has 0 bridgehead atoms. The van der Waals surface area contributed by atoms with Crippen LogP contribution in [-0.4, -0.2) is 31.0 Å². The fraction of sp³-hybridized carbons (Fsp3) is 0.875. The predicted molar refractivity (Wildman–Crippen MR) is 45.5 cm³/mol. The Hall–Kier alpha value is -0.450. The van der Waals surface area contributed by atoms with Crippen LogP contribution in [0.4, 0.5) is 0 Å². The summed E-state index contributed by atoms with van der Waals surface area (Å²) in [6.07, 6.45) is 0.640. The van der Waals surface area contributed by atoms with E-state index in [1.807, 2.05) is 6.92 Å². The molecule has 3 N–H and O–H groups in total. The third-order valence-corrected chi connectivity index (χ3v) is 2.82. The Morgan fingerprint density at radius 2 is 2.33 bits per heavy atom. The summed E-state index contributed by atoms with van der Waals surface area (Å²) < 4.78 is 0. The average molecular weight is 169 g/mol. The van der Waals surface area contributed by atoms with E-state index in [9.17, 15) is 4.79 Å². The molecule has 0 aromatic rings. The number of hydrogen-bond acceptors (Lipinski definition) is 4. The molecule has 68 valence electrons.